The predicted octanol–water partition coefficient (Wildman–Crippen LogP) is 1.43. The van der Waals surface area contributed by atoms with Gasteiger partial charge >= 0.3 is 0 Å². The van der Waals surface area contributed by atoms with Crippen LogP contribution in [-0.2, 0) is 4.74 Å². The van der Waals surface area contributed by atoms with Crippen LogP contribution in [-0.4, -0.2) is 24.7 Å². The molecule has 0 aliphatic carbocycles. The summed E-state index contributed by atoms with van der Waals surface area (Å²) in [5.41, 5.74) is 0.830. The molecular weight excluding hydrogens is 248 g/mol. The van der Waals surface area contributed by atoms with Crippen LogP contribution >= 0.6 is 16.3 Å². The zero-order valence-corrected chi connectivity index (χ0v) is 9.16. The van der Waals surface area contributed by atoms with Crippen LogP contribution in [0.5, 0.6) is 5.75 Å². The highest BCUT2D eigenvalue weighted by atomic mass is 79.9. The highest BCUT2D eigenvalue weighted by Crippen LogP contribution is 2.26. The van der Waals surface area contributed by atoms with Crippen LogP contribution in [0.25, 0.3) is 0 Å². The van der Waals surface area contributed by atoms with Gasteiger partial charge in [0.05, 0.1) is 6.61 Å². The standard InChI is InChI=1S/C9H11BrN2O2/c10-14-7-2-1-3-12-9(7)8-6-11-4-5-13-8/h1-3,8,11H,4-6H2. The van der Waals surface area contributed by atoms with Gasteiger partial charge in [0.1, 0.15) is 11.8 Å². The average molecular weight is 259 g/mol. The molecule has 14 heavy (non-hydrogen) atoms. The molecule has 0 spiro atoms. The van der Waals surface area contributed by atoms with Crippen LogP contribution in [0.15, 0.2) is 18.3 Å². The summed E-state index contributed by atoms with van der Waals surface area (Å²) in [7, 11) is 0. The highest BCUT2D eigenvalue weighted by Gasteiger charge is 2.20. The number of nitrogens with one attached hydrogen (secondary N) is 1. The molecule has 0 saturated carbocycles. The minimum atomic E-state index is -0.0162. The molecule has 0 bridgehead atoms. The highest BCUT2D eigenvalue weighted by molar-refractivity contribution is 9.06. The van der Waals surface area contributed by atoms with E-state index in [1.807, 2.05) is 12.1 Å². The molecule has 76 valence electrons. The lowest BCUT2D eigenvalue weighted by Crippen LogP contribution is -2.33. The summed E-state index contributed by atoms with van der Waals surface area (Å²) in [4.78, 5) is 4.25. The molecule has 1 aromatic rings. The van der Waals surface area contributed by atoms with Gasteiger partial charge in [0.2, 0.25) is 0 Å². The fourth-order valence-corrected chi connectivity index (χ4v) is 1.72. The molecule has 2 rings (SSSR count). The summed E-state index contributed by atoms with van der Waals surface area (Å²) in [5.74, 6) is 0.709. The summed E-state index contributed by atoms with van der Waals surface area (Å²) in [5, 5.41) is 3.25. The topological polar surface area (TPSA) is 43.4 Å². The van der Waals surface area contributed by atoms with Gasteiger partial charge in [0.25, 0.3) is 0 Å². The van der Waals surface area contributed by atoms with E-state index in [1.54, 1.807) is 6.20 Å². The quantitative estimate of drug-likeness (QED) is 0.872. The van der Waals surface area contributed by atoms with Gasteiger partial charge in [0.15, 0.2) is 22.0 Å². The minimum Gasteiger partial charge on any atom is -0.416 e. The molecule has 4 nitrogen and oxygen atoms in total. The van der Waals surface area contributed by atoms with Crippen molar-refractivity contribution in [1.29, 1.82) is 0 Å². The van der Waals surface area contributed by atoms with Gasteiger partial charge < -0.3 is 13.9 Å². The van der Waals surface area contributed by atoms with Crippen LogP contribution in [0.1, 0.15) is 11.8 Å². The Balaban J connectivity index is 2.20. The maximum Gasteiger partial charge on any atom is 0.179 e. The van der Waals surface area contributed by atoms with Gasteiger partial charge in [-0.15, -0.1) is 0 Å². The molecule has 1 fully saturated rings. The number of morpholine rings is 1. The molecule has 1 N–H and O–H groups in total. The van der Waals surface area contributed by atoms with Gasteiger partial charge in [-0.25, -0.2) is 0 Å². The summed E-state index contributed by atoms with van der Waals surface area (Å²) < 4.78 is 10.6. The van der Waals surface area contributed by atoms with E-state index >= 15 is 0 Å². The molecule has 0 aromatic carbocycles. The van der Waals surface area contributed by atoms with Crippen molar-refractivity contribution in [1.82, 2.24) is 10.3 Å². The number of halogens is 1. The van der Waals surface area contributed by atoms with Gasteiger partial charge in [-0.05, 0) is 12.1 Å². The van der Waals surface area contributed by atoms with Gasteiger partial charge in [0, 0.05) is 19.3 Å². The Morgan fingerprint density at radius 2 is 2.57 bits per heavy atom. The Morgan fingerprint density at radius 3 is 3.29 bits per heavy atom. The van der Waals surface area contributed by atoms with Crippen molar-refractivity contribution >= 4 is 16.3 Å². The van der Waals surface area contributed by atoms with Crippen LogP contribution in [0.4, 0.5) is 0 Å². The van der Waals surface area contributed by atoms with Gasteiger partial charge in [-0.2, -0.15) is 0 Å². The average Bonchev–Trinajstić information content (AvgIpc) is 2.30. The lowest BCUT2D eigenvalue weighted by atomic mass is 10.2. The first-order chi connectivity index (χ1) is 6.92. The molecular formula is C9H11BrN2O2. The maximum atomic E-state index is 5.58. The largest absolute Gasteiger partial charge is 0.416 e. The predicted molar refractivity (Wildman–Crippen MR) is 55.4 cm³/mol. The smallest absolute Gasteiger partial charge is 0.179 e. The van der Waals surface area contributed by atoms with Crippen molar-refractivity contribution in [3.63, 3.8) is 0 Å². The van der Waals surface area contributed by atoms with E-state index in [9.17, 15) is 0 Å². The molecule has 1 atom stereocenters. The second-order valence-corrected chi connectivity index (χ2v) is 3.35. The van der Waals surface area contributed by atoms with E-state index in [-0.39, 0.29) is 6.10 Å². The third-order valence-corrected chi connectivity index (χ3v) is 2.46. The van der Waals surface area contributed by atoms with E-state index in [0.29, 0.717) is 12.4 Å². The fraction of sp³-hybridized carbons (Fsp3) is 0.444. The SMILES string of the molecule is BrOc1cccnc1C1CNCCO1. The summed E-state index contributed by atoms with van der Waals surface area (Å²) in [6, 6.07) is 3.69. The van der Waals surface area contributed by atoms with Crippen LogP contribution < -0.4 is 9.15 Å². The lowest BCUT2D eigenvalue weighted by Gasteiger charge is -2.23. The van der Waals surface area contributed by atoms with E-state index < -0.39 is 0 Å². The monoisotopic (exact) mass is 258 g/mol. The number of rotatable bonds is 2. The summed E-state index contributed by atoms with van der Waals surface area (Å²) in [6.45, 7) is 2.39. The normalized spacial score (nSPS) is 21.9. The number of pyridine rings is 1. The van der Waals surface area contributed by atoms with E-state index in [1.165, 1.54) is 0 Å². The molecule has 1 aromatic heterocycles. The number of ether oxygens (including phenoxy) is 1. The van der Waals surface area contributed by atoms with Crippen molar-refractivity contribution in [2.24, 2.45) is 0 Å². The first kappa shape index (κ1) is 9.89. The lowest BCUT2D eigenvalue weighted by molar-refractivity contribution is 0.0242. The molecule has 1 aliphatic rings. The summed E-state index contributed by atoms with van der Waals surface area (Å²) in [6.07, 6.45) is 1.72. The minimum absolute atomic E-state index is 0.0162. The Kier molecular flexibility index (Phi) is 3.34. The van der Waals surface area contributed by atoms with Gasteiger partial charge in [-0.3, -0.25) is 4.98 Å². The van der Waals surface area contributed by atoms with E-state index in [4.69, 9.17) is 8.57 Å². The second kappa shape index (κ2) is 4.72. The number of aromatic nitrogens is 1. The molecule has 0 radical (unpaired) electrons. The Bertz CT molecular complexity index is 303. The van der Waals surface area contributed by atoms with Crippen molar-refractivity contribution in [2.75, 3.05) is 19.7 Å². The molecule has 5 heteroatoms. The third kappa shape index (κ3) is 2.05. The fourth-order valence-electron chi connectivity index (χ4n) is 1.45. The second-order valence-electron chi connectivity index (χ2n) is 3.03. The summed E-state index contributed by atoms with van der Waals surface area (Å²) >= 11 is 2.96. The van der Waals surface area contributed by atoms with E-state index in [2.05, 4.69) is 26.6 Å². The molecule has 2 heterocycles. The van der Waals surface area contributed by atoms with Crippen LogP contribution in [0, 0.1) is 0 Å². The zero-order valence-electron chi connectivity index (χ0n) is 7.57. The van der Waals surface area contributed by atoms with Crippen LogP contribution in [0.3, 0.4) is 0 Å². The molecule has 0 amide bonds. The Hall–Kier alpha value is -0.650. The number of nitrogens with zero attached hydrogens (tertiary/aromatic N) is 1. The maximum absolute atomic E-state index is 5.58. The van der Waals surface area contributed by atoms with Crippen molar-refractivity contribution in [3.05, 3.63) is 24.0 Å². The Morgan fingerprint density at radius 1 is 1.64 bits per heavy atom. The van der Waals surface area contributed by atoms with Crippen LogP contribution in [0.2, 0.25) is 0 Å². The van der Waals surface area contributed by atoms with Crippen molar-refractivity contribution in [3.8, 4) is 5.75 Å². The Labute approximate surface area is 91.1 Å². The number of hydrogen-bond donors (Lipinski definition) is 1. The third-order valence-electron chi connectivity index (χ3n) is 2.12. The first-order valence-corrected chi connectivity index (χ1v) is 5.12. The molecule has 1 saturated heterocycles. The molecule has 1 aliphatic heterocycles. The van der Waals surface area contributed by atoms with E-state index in [0.717, 1.165) is 18.8 Å². The molecule has 1 unspecified atom stereocenters. The zero-order chi connectivity index (χ0) is 9.80. The van der Waals surface area contributed by atoms with Crippen molar-refractivity contribution < 1.29 is 8.57 Å². The first-order valence-electron chi connectivity index (χ1n) is 4.47. The van der Waals surface area contributed by atoms with Crippen molar-refractivity contribution in [2.45, 2.75) is 6.10 Å². The van der Waals surface area contributed by atoms with Gasteiger partial charge in [-0.1, -0.05) is 0 Å². The number of hydrogen-bond acceptors (Lipinski definition) is 4.